The van der Waals surface area contributed by atoms with Gasteiger partial charge in [0.05, 0.1) is 0 Å². The number of carbonyl (C=O) groups is 2. The Kier molecular flexibility index (Phi) is 3.98. The zero-order chi connectivity index (χ0) is 17.1. The van der Waals surface area contributed by atoms with Crippen molar-refractivity contribution in [2.75, 3.05) is 16.8 Å². The molecule has 7 nitrogen and oxygen atoms in total. The van der Waals surface area contributed by atoms with E-state index in [1.807, 2.05) is 6.07 Å². The summed E-state index contributed by atoms with van der Waals surface area (Å²) in [5.74, 6) is -1.19. The lowest BCUT2D eigenvalue weighted by Gasteiger charge is -2.05. The summed E-state index contributed by atoms with van der Waals surface area (Å²) in [6, 6.07) is 17.3. The molecule has 0 radical (unpaired) electrons. The second-order valence-electron chi connectivity index (χ2n) is 5.05. The molecule has 0 atom stereocenters. The summed E-state index contributed by atoms with van der Waals surface area (Å²) in [6.45, 7) is 0. The van der Waals surface area contributed by atoms with Gasteiger partial charge < -0.3 is 16.8 Å². The van der Waals surface area contributed by atoms with E-state index in [9.17, 15) is 9.59 Å². The topological polar surface area (TPSA) is 116 Å². The Morgan fingerprint density at radius 3 is 2.12 bits per heavy atom. The van der Waals surface area contributed by atoms with Crippen LogP contribution in [0.4, 0.5) is 17.3 Å². The van der Waals surface area contributed by atoms with Crippen molar-refractivity contribution in [3.63, 3.8) is 0 Å². The maximum atomic E-state index is 12.4. The molecule has 0 saturated heterocycles. The number of hydrogen-bond acceptors (Lipinski definition) is 5. The second-order valence-corrected chi connectivity index (χ2v) is 5.05. The lowest BCUT2D eigenvalue weighted by Crippen LogP contribution is -2.18. The fraction of sp³-hybridized carbons (Fsp3) is 0. The first kappa shape index (κ1) is 15.3. The average Bonchev–Trinajstić information content (AvgIpc) is 2.90. The highest BCUT2D eigenvalue weighted by atomic mass is 16.2. The van der Waals surface area contributed by atoms with Crippen molar-refractivity contribution in [1.82, 2.24) is 9.78 Å². The number of carbonyl (C=O) groups excluding carboxylic acids is 2. The monoisotopic (exact) mass is 321 g/mol. The average molecular weight is 321 g/mol. The second kappa shape index (κ2) is 6.25. The zero-order valence-electron chi connectivity index (χ0n) is 12.6. The van der Waals surface area contributed by atoms with Gasteiger partial charge in [-0.25, -0.2) is 0 Å². The lowest BCUT2D eigenvalue weighted by molar-refractivity contribution is 0.0948. The number of aromatic nitrogens is 2. The highest BCUT2D eigenvalue weighted by molar-refractivity contribution is 6.12. The van der Waals surface area contributed by atoms with Crippen LogP contribution in [-0.2, 0) is 0 Å². The fourth-order valence-electron chi connectivity index (χ4n) is 2.25. The van der Waals surface area contributed by atoms with E-state index in [1.165, 1.54) is 0 Å². The number of nitrogen functional groups attached to an aromatic ring is 2. The third kappa shape index (κ3) is 2.82. The summed E-state index contributed by atoms with van der Waals surface area (Å²) < 4.78 is 0.935. The fourth-order valence-corrected chi connectivity index (χ4v) is 2.25. The molecule has 0 aliphatic rings. The number of benzene rings is 2. The minimum Gasteiger partial charge on any atom is -0.383 e. The van der Waals surface area contributed by atoms with Crippen LogP contribution in [0.3, 0.4) is 0 Å². The molecule has 120 valence electrons. The van der Waals surface area contributed by atoms with Crippen LogP contribution in [0.15, 0.2) is 60.7 Å². The van der Waals surface area contributed by atoms with Gasteiger partial charge in [-0.3, -0.25) is 9.59 Å². The highest BCUT2D eigenvalue weighted by Crippen LogP contribution is 2.21. The van der Waals surface area contributed by atoms with Crippen LogP contribution in [0.25, 0.3) is 0 Å². The van der Waals surface area contributed by atoms with E-state index in [0.29, 0.717) is 11.3 Å². The molecule has 3 aromatic rings. The number of rotatable bonds is 3. The van der Waals surface area contributed by atoms with Gasteiger partial charge in [-0.2, -0.15) is 4.68 Å². The van der Waals surface area contributed by atoms with Gasteiger partial charge in [0.15, 0.2) is 5.82 Å². The summed E-state index contributed by atoms with van der Waals surface area (Å²) in [6.07, 6.45) is 0. The standard InChI is InChI=1S/C17H15N5O2/c18-14-13(16(23)20-12-9-5-2-6-10-12)15(19)22(21-14)17(24)11-7-3-1-4-8-11/h1-10H,19H2,(H2,18,21)(H,20,23). The summed E-state index contributed by atoms with van der Waals surface area (Å²) in [4.78, 5) is 24.8. The molecule has 7 heteroatoms. The Balaban J connectivity index is 1.92. The molecular weight excluding hydrogens is 306 g/mol. The number of hydrogen-bond donors (Lipinski definition) is 3. The molecule has 0 saturated carbocycles. The van der Waals surface area contributed by atoms with E-state index < -0.39 is 11.8 Å². The molecule has 0 aliphatic heterocycles. The third-order valence-corrected chi connectivity index (χ3v) is 3.42. The van der Waals surface area contributed by atoms with Crippen molar-refractivity contribution < 1.29 is 9.59 Å². The van der Waals surface area contributed by atoms with E-state index >= 15 is 0 Å². The molecule has 0 bridgehead atoms. The SMILES string of the molecule is Nc1nn(C(=O)c2ccccc2)c(N)c1C(=O)Nc1ccccc1. The van der Waals surface area contributed by atoms with Crippen molar-refractivity contribution in [2.24, 2.45) is 0 Å². The normalized spacial score (nSPS) is 10.3. The first-order valence-electron chi connectivity index (χ1n) is 7.18. The van der Waals surface area contributed by atoms with Gasteiger partial charge in [0, 0.05) is 11.3 Å². The molecule has 5 N–H and O–H groups in total. The smallest absolute Gasteiger partial charge is 0.280 e. The summed E-state index contributed by atoms with van der Waals surface area (Å²) in [5.41, 5.74) is 12.7. The van der Waals surface area contributed by atoms with Crippen LogP contribution in [0.1, 0.15) is 20.7 Å². The van der Waals surface area contributed by atoms with Gasteiger partial charge in [0.2, 0.25) is 0 Å². The minimum atomic E-state index is -0.525. The molecule has 1 amide bonds. The molecule has 1 heterocycles. The highest BCUT2D eigenvalue weighted by Gasteiger charge is 2.24. The Morgan fingerprint density at radius 1 is 0.917 bits per heavy atom. The summed E-state index contributed by atoms with van der Waals surface area (Å²) in [7, 11) is 0. The molecule has 24 heavy (non-hydrogen) atoms. The molecule has 0 fully saturated rings. The number of nitrogens with zero attached hydrogens (tertiary/aromatic N) is 2. The van der Waals surface area contributed by atoms with Crippen LogP contribution in [-0.4, -0.2) is 21.6 Å². The quantitative estimate of drug-likeness (QED) is 0.682. The van der Waals surface area contributed by atoms with E-state index in [-0.39, 0.29) is 17.2 Å². The maximum absolute atomic E-state index is 12.4. The van der Waals surface area contributed by atoms with Crippen LogP contribution in [0, 0.1) is 0 Å². The van der Waals surface area contributed by atoms with Crippen molar-refractivity contribution in [1.29, 1.82) is 0 Å². The molecular formula is C17H15N5O2. The van der Waals surface area contributed by atoms with Gasteiger partial charge in [-0.1, -0.05) is 36.4 Å². The Morgan fingerprint density at radius 2 is 1.50 bits per heavy atom. The predicted octanol–water partition coefficient (Wildman–Crippen LogP) is 1.99. The molecule has 1 aromatic heterocycles. The van der Waals surface area contributed by atoms with Gasteiger partial charge >= 0.3 is 0 Å². The largest absolute Gasteiger partial charge is 0.383 e. The predicted molar refractivity (Wildman–Crippen MR) is 91.6 cm³/mol. The summed E-state index contributed by atoms with van der Waals surface area (Å²) in [5, 5.41) is 6.58. The molecule has 3 rings (SSSR count). The van der Waals surface area contributed by atoms with Gasteiger partial charge in [-0.15, -0.1) is 5.10 Å². The first-order valence-corrected chi connectivity index (χ1v) is 7.18. The zero-order valence-corrected chi connectivity index (χ0v) is 12.6. The van der Waals surface area contributed by atoms with Crippen molar-refractivity contribution in [2.45, 2.75) is 0 Å². The summed E-state index contributed by atoms with van der Waals surface area (Å²) >= 11 is 0. The van der Waals surface area contributed by atoms with Crippen LogP contribution in [0.5, 0.6) is 0 Å². The Hall–Kier alpha value is -3.61. The lowest BCUT2D eigenvalue weighted by atomic mass is 10.2. The van der Waals surface area contributed by atoms with E-state index in [1.54, 1.807) is 54.6 Å². The van der Waals surface area contributed by atoms with Gasteiger partial charge in [0.1, 0.15) is 11.4 Å². The number of nitrogens with two attached hydrogens (primary N) is 2. The van der Waals surface area contributed by atoms with Crippen LogP contribution < -0.4 is 16.8 Å². The number of anilines is 3. The van der Waals surface area contributed by atoms with Gasteiger partial charge in [0.25, 0.3) is 11.8 Å². The molecule has 2 aromatic carbocycles. The van der Waals surface area contributed by atoms with Crippen LogP contribution in [0.2, 0.25) is 0 Å². The minimum absolute atomic E-state index is 0.0249. The number of para-hydroxylation sites is 1. The maximum Gasteiger partial charge on any atom is 0.280 e. The van der Waals surface area contributed by atoms with Crippen molar-refractivity contribution in [3.05, 3.63) is 71.8 Å². The first-order chi connectivity index (χ1) is 11.6. The number of amides is 1. The van der Waals surface area contributed by atoms with E-state index in [0.717, 1.165) is 4.68 Å². The van der Waals surface area contributed by atoms with E-state index in [4.69, 9.17) is 11.5 Å². The van der Waals surface area contributed by atoms with Crippen molar-refractivity contribution in [3.8, 4) is 0 Å². The van der Waals surface area contributed by atoms with Gasteiger partial charge in [-0.05, 0) is 24.3 Å². The van der Waals surface area contributed by atoms with Crippen molar-refractivity contribution >= 4 is 29.1 Å². The molecule has 0 spiro atoms. The Labute approximate surface area is 137 Å². The van der Waals surface area contributed by atoms with E-state index in [2.05, 4.69) is 10.4 Å². The third-order valence-electron chi connectivity index (χ3n) is 3.42. The molecule has 0 unspecified atom stereocenters. The Bertz CT molecular complexity index is 888. The molecule has 0 aliphatic carbocycles. The van der Waals surface area contributed by atoms with Crippen LogP contribution >= 0.6 is 0 Å². The number of nitrogens with one attached hydrogen (secondary N) is 1.